The van der Waals surface area contributed by atoms with Gasteiger partial charge in [-0.1, -0.05) is 18.0 Å². The third-order valence-electron chi connectivity index (χ3n) is 2.57. The summed E-state index contributed by atoms with van der Waals surface area (Å²) in [6, 6.07) is 0.328. The van der Waals surface area contributed by atoms with Crippen LogP contribution in [0.3, 0.4) is 0 Å². The van der Waals surface area contributed by atoms with Crippen molar-refractivity contribution in [2.24, 2.45) is 0 Å². The Bertz CT molecular complexity index is 368. The highest BCUT2D eigenvalue weighted by molar-refractivity contribution is 7.84. The molecule has 2 rings (SSSR count). The van der Waals surface area contributed by atoms with Crippen LogP contribution in [-0.4, -0.2) is 32.5 Å². The van der Waals surface area contributed by atoms with Gasteiger partial charge in [-0.05, 0) is 19.4 Å². The van der Waals surface area contributed by atoms with E-state index in [0.29, 0.717) is 22.0 Å². The van der Waals surface area contributed by atoms with Gasteiger partial charge < -0.3 is 5.32 Å². The largest absolute Gasteiger partial charge is 0.313 e. The van der Waals surface area contributed by atoms with Crippen LogP contribution < -0.4 is 5.32 Å². The number of hydrogen-bond acceptors (Lipinski definition) is 4. The normalized spacial score (nSPS) is 21.6. The van der Waals surface area contributed by atoms with Crippen molar-refractivity contribution in [3.05, 3.63) is 17.4 Å². The molecule has 1 fully saturated rings. The van der Waals surface area contributed by atoms with E-state index in [0.717, 1.165) is 13.0 Å². The zero-order valence-corrected chi connectivity index (χ0v) is 11.7. The molecule has 0 radical (unpaired) electrons. The first kappa shape index (κ1) is 14.8. The molecule has 1 saturated heterocycles. The summed E-state index contributed by atoms with van der Waals surface area (Å²) in [5.41, 5.74) is 0. The van der Waals surface area contributed by atoms with Crippen molar-refractivity contribution in [3.8, 4) is 0 Å². The van der Waals surface area contributed by atoms with Gasteiger partial charge in [0.2, 0.25) is 5.16 Å². The maximum Gasteiger partial charge on any atom is 0.218 e. The van der Waals surface area contributed by atoms with Gasteiger partial charge in [-0.2, -0.15) is 0 Å². The van der Waals surface area contributed by atoms with Crippen LogP contribution >= 0.6 is 24.0 Å². The van der Waals surface area contributed by atoms with Gasteiger partial charge in [-0.15, -0.1) is 12.4 Å². The predicted octanol–water partition coefficient (Wildman–Crippen LogP) is 1.80. The van der Waals surface area contributed by atoms with Crippen LogP contribution in [0.5, 0.6) is 0 Å². The summed E-state index contributed by atoms with van der Waals surface area (Å²) in [6.45, 7) is 1.02. The lowest BCUT2D eigenvalue weighted by Crippen LogP contribution is -2.38. The lowest BCUT2D eigenvalue weighted by molar-refractivity contribution is 0.427. The summed E-state index contributed by atoms with van der Waals surface area (Å²) in [7, 11) is -1.13. The predicted molar refractivity (Wildman–Crippen MR) is 71.2 cm³/mol. The van der Waals surface area contributed by atoms with Crippen LogP contribution in [0.2, 0.25) is 5.02 Å². The van der Waals surface area contributed by atoms with Gasteiger partial charge in [0.25, 0.3) is 0 Å². The first-order valence-electron chi connectivity index (χ1n) is 5.35. The van der Waals surface area contributed by atoms with Gasteiger partial charge in [-0.3, -0.25) is 4.21 Å². The summed E-state index contributed by atoms with van der Waals surface area (Å²) >= 11 is 5.67. The lowest BCUT2D eigenvalue weighted by Gasteiger charge is -2.22. The Labute approximate surface area is 114 Å². The quantitative estimate of drug-likeness (QED) is 0.864. The minimum Gasteiger partial charge on any atom is -0.313 e. The van der Waals surface area contributed by atoms with E-state index < -0.39 is 10.8 Å². The Hall–Kier alpha value is -0.230. The van der Waals surface area contributed by atoms with Crippen LogP contribution in [0.1, 0.15) is 19.3 Å². The van der Waals surface area contributed by atoms with Gasteiger partial charge in [0.15, 0.2) is 0 Å². The molecule has 2 heterocycles. The molecule has 0 aromatic carbocycles. The molecule has 17 heavy (non-hydrogen) atoms. The molecule has 1 aliphatic rings. The molecule has 0 spiro atoms. The second kappa shape index (κ2) is 7.26. The van der Waals surface area contributed by atoms with Crippen molar-refractivity contribution in [3.63, 3.8) is 0 Å². The molecule has 0 bridgehead atoms. The third kappa shape index (κ3) is 4.50. The summed E-state index contributed by atoms with van der Waals surface area (Å²) < 4.78 is 11.9. The smallest absolute Gasteiger partial charge is 0.218 e. The Morgan fingerprint density at radius 2 is 2.12 bits per heavy atom. The van der Waals surface area contributed by atoms with E-state index >= 15 is 0 Å². The van der Waals surface area contributed by atoms with Gasteiger partial charge in [0.05, 0.1) is 28.2 Å². The van der Waals surface area contributed by atoms with E-state index in [1.54, 1.807) is 0 Å². The van der Waals surface area contributed by atoms with Crippen molar-refractivity contribution in [1.29, 1.82) is 0 Å². The number of piperidine rings is 1. The summed E-state index contributed by atoms with van der Waals surface area (Å²) in [5, 5.41) is 4.20. The number of nitrogens with one attached hydrogen (secondary N) is 1. The van der Waals surface area contributed by atoms with Crippen molar-refractivity contribution in [2.75, 3.05) is 12.3 Å². The molecule has 1 aromatic heterocycles. The Morgan fingerprint density at radius 1 is 1.41 bits per heavy atom. The molecule has 1 aliphatic heterocycles. The van der Waals surface area contributed by atoms with E-state index in [1.807, 2.05) is 0 Å². The monoisotopic (exact) mass is 295 g/mol. The third-order valence-corrected chi connectivity index (χ3v) is 4.08. The molecule has 4 nitrogen and oxygen atoms in total. The number of aromatic nitrogens is 2. The van der Waals surface area contributed by atoms with Crippen molar-refractivity contribution >= 4 is 34.8 Å². The fourth-order valence-electron chi connectivity index (χ4n) is 1.74. The van der Waals surface area contributed by atoms with Crippen molar-refractivity contribution < 1.29 is 4.21 Å². The Kier molecular flexibility index (Phi) is 6.33. The Balaban J connectivity index is 0.00000144. The van der Waals surface area contributed by atoms with Crippen molar-refractivity contribution in [1.82, 2.24) is 15.3 Å². The summed E-state index contributed by atoms with van der Waals surface area (Å²) in [4.78, 5) is 7.95. The van der Waals surface area contributed by atoms with E-state index in [-0.39, 0.29) is 12.4 Å². The average Bonchev–Trinajstić information content (AvgIpc) is 2.31. The topological polar surface area (TPSA) is 54.9 Å². The van der Waals surface area contributed by atoms with Gasteiger partial charge in [0, 0.05) is 11.8 Å². The van der Waals surface area contributed by atoms with E-state index in [1.165, 1.54) is 25.2 Å². The van der Waals surface area contributed by atoms with Crippen LogP contribution in [0.4, 0.5) is 0 Å². The van der Waals surface area contributed by atoms with E-state index in [9.17, 15) is 4.21 Å². The number of hydrogen-bond donors (Lipinski definition) is 1. The highest BCUT2D eigenvalue weighted by Gasteiger charge is 2.17. The van der Waals surface area contributed by atoms with Crippen LogP contribution in [0, 0.1) is 0 Å². The fourth-order valence-corrected chi connectivity index (χ4v) is 2.98. The van der Waals surface area contributed by atoms with E-state index in [4.69, 9.17) is 11.6 Å². The molecule has 1 N–H and O–H groups in total. The van der Waals surface area contributed by atoms with Gasteiger partial charge in [0.1, 0.15) is 0 Å². The van der Waals surface area contributed by atoms with Crippen LogP contribution in [0.15, 0.2) is 17.6 Å². The molecular formula is C10H15Cl2N3OS. The molecule has 0 aliphatic carbocycles. The lowest BCUT2D eigenvalue weighted by atomic mass is 10.1. The molecule has 2 unspecified atom stereocenters. The number of nitrogens with zero attached hydrogens (tertiary/aromatic N) is 2. The van der Waals surface area contributed by atoms with Gasteiger partial charge in [-0.25, -0.2) is 9.97 Å². The minimum absolute atomic E-state index is 0. The number of halogens is 2. The molecular weight excluding hydrogens is 281 g/mol. The SMILES string of the molecule is Cl.O=S(CC1CCCCN1)c1ncc(Cl)cn1. The maximum absolute atomic E-state index is 11.9. The minimum atomic E-state index is -1.13. The van der Waals surface area contributed by atoms with Crippen LogP contribution in [-0.2, 0) is 10.8 Å². The molecule has 2 atom stereocenters. The summed E-state index contributed by atoms with van der Waals surface area (Å²) in [6.07, 6.45) is 6.46. The fraction of sp³-hybridized carbons (Fsp3) is 0.600. The average molecular weight is 296 g/mol. The highest BCUT2D eigenvalue weighted by Crippen LogP contribution is 2.11. The molecule has 96 valence electrons. The van der Waals surface area contributed by atoms with E-state index in [2.05, 4.69) is 15.3 Å². The summed E-state index contributed by atoms with van der Waals surface area (Å²) in [5.74, 6) is 0.585. The molecule has 7 heteroatoms. The highest BCUT2D eigenvalue weighted by atomic mass is 35.5. The Morgan fingerprint density at radius 3 is 2.71 bits per heavy atom. The molecule has 1 aromatic rings. The van der Waals surface area contributed by atoms with Crippen molar-refractivity contribution in [2.45, 2.75) is 30.5 Å². The maximum atomic E-state index is 11.9. The standard InChI is InChI=1S/C10H14ClN3OS.ClH/c11-8-5-13-10(14-6-8)16(15)7-9-3-1-2-4-12-9;/h5-6,9,12H,1-4,7H2;1H. The second-order valence-corrected chi connectivity index (χ2v) is 5.67. The molecule has 0 saturated carbocycles. The first-order valence-corrected chi connectivity index (χ1v) is 7.05. The van der Waals surface area contributed by atoms with Gasteiger partial charge >= 0.3 is 0 Å². The molecule has 0 amide bonds. The first-order chi connectivity index (χ1) is 7.75. The second-order valence-electron chi connectivity index (χ2n) is 3.84. The zero-order valence-electron chi connectivity index (χ0n) is 9.26. The zero-order chi connectivity index (χ0) is 11.4. The number of rotatable bonds is 3. The van der Waals surface area contributed by atoms with Crippen LogP contribution in [0.25, 0.3) is 0 Å².